The van der Waals surface area contributed by atoms with Crippen molar-refractivity contribution in [1.82, 2.24) is 5.32 Å². The van der Waals surface area contributed by atoms with Crippen molar-refractivity contribution in [3.8, 4) is 0 Å². The Balaban J connectivity index is 1.70. The lowest BCUT2D eigenvalue weighted by atomic mass is 9.83. The number of halogens is 1. The minimum absolute atomic E-state index is 0.000450. The second-order valence-electron chi connectivity index (χ2n) is 5.86. The maximum Gasteiger partial charge on any atom is 0.140 e. The van der Waals surface area contributed by atoms with Crippen molar-refractivity contribution < 1.29 is 9.18 Å². The average Bonchev–Trinajstić information content (AvgIpc) is 2.83. The van der Waals surface area contributed by atoms with Crippen LogP contribution in [0.4, 0.5) is 4.39 Å². The second-order valence-corrected chi connectivity index (χ2v) is 5.86. The summed E-state index contributed by atoms with van der Waals surface area (Å²) in [7, 11) is 0. The summed E-state index contributed by atoms with van der Waals surface area (Å²) in [4.78, 5) is 12.2. The molecule has 1 saturated heterocycles. The van der Waals surface area contributed by atoms with Crippen LogP contribution in [0.15, 0.2) is 24.3 Å². The topological polar surface area (TPSA) is 29.1 Å². The van der Waals surface area contributed by atoms with Gasteiger partial charge in [-0.15, -0.1) is 0 Å². The van der Waals surface area contributed by atoms with Crippen LogP contribution in [0.3, 0.4) is 0 Å². The smallest absolute Gasteiger partial charge is 0.140 e. The Hall–Kier alpha value is -1.22. The first-order valence-corrected chi connectivity index (χ1v) is 7.23. The molecule has 1 saturated carbocycles. The molecule has 1 aliphatic carbocycles. The van der Waals surface area contributed by atoms with Gasteiger partial charge in [0.05, 0.1) is 0 Å². The van der Waals surface area contributed by atoms with E-state index in [0.29, 0.717) is 24.0 Å². The fourth-order valence-electron chi connectivity index (χ4n) is 3.61. The zero-order chi connectivity index (χ0) is 13.2. The molecule has 1 aromatic carbocycles. The fraction of sp³-hybridized carbons (Fsp3) is 0.562. The summed E-state index contributed by atoms with van der Waals surface area (Å²) in [6.45, 7) is 2.16. The number of hydrogen-bond acceptors (Lipinski definition) is 2. The van der Waals surface area contributed by atoms with Gasteiger partial charge in [0.1, 0.15) is 11.6 Å². The minimum Gasteiger partial charge on any atom is -0.317 e. The van der Waals surface area contributed by atoms with Gasteiger partial charge in [0.15, 0.2) is 0 Å². The highest BCUT2D eigenvalue weighted by Gasteiger charge is 2.37. The Bertz CT molecular complexity index is 450. The van der Waals surface area contributed by atoms with Gasteiger partial charge >= 0.3 is 0 Å². The van der Waals surface area contributed by atoms with E-state index in [9.17, 15) is 9.18 Å². The normalized spacial score (nSPS) is 28.8. The molecule has 0 aromatic heterocycles. The average molecular weight is 261 g/mol. The predicted molar refractivity (Wildman–Crippen MR) is 72.5 cm³/mol. The Morgan fingerprint density at radius 2 is 1.74 bits per heavy atom. The van der Waals surface area contributed by atoms with E-state index in [0.717, 1.165) is 25.1 Å². The highest BCUT2D eigenvalue weighted by atomic mass is 19.1. The molecule has 3 rings (SSSR count). The second kappa shape index (κ2) is 5.41. The van der Waals surface area contributed by atoms with Gasteiger partial charge in [-0.25, -0.2) is 4.39 Å². The van der Waals surface area contributed by atoms with Gasteiger partial charge in [-0.2, -0.15) is 0 Å². The predicted octanol–water partition coefficient (Wildman–Crippen LogP) is 2.89. The Kier molecular flexibility index (Phi) is 3.65. The Labute approximate surface area is 113 Å². The summed E-state index contributed by atoms with van der Waals surface area (Å²) in [5.41, 5.74) is 0.989. The van der Waals surface area contributed by atoms with E-state index in [4.69, 9.17) is 0 Å². The van der Waals surface area contributed by atoms with Crippen molar-refractivity contribution >= 4 is 5.78 Å². The van der Waals surface area contributed by atoms with Gasteiger partial charge < -0.3 is 5.32 Å². The quantitative estimate of drug-likeness (QED) is 0.887. The maximum absolute atomic E-state index is 12.9. The summed E-state index contributed by atoms with van der Waals surface area (Å²) in [6.07, 6.45) is 4.05. The molecule has 0 bridgehead atoms. The number of carbonyl (C=O) groups excluding carboxylic acids is 1. The molecule has 1 heterocycles. The lowest BCUT2D eigenvalue weighted by molar-refractivity contribution is -0.118. The number of benzene rings is 1. The minimum atomic E-state index is -0.232. The number of Topliss-reactive ketones (excluding diaryl/α,β-unsaturated/α-hetero) is 1. The number of piperidine rings is 1. The van der Waals surface area contributed by atoms with E-state index >= 15 is 0 Å². The van der Waals surface area contributed by atoms with Crippen LogP contribution >= 0.6 is 0 Å². The van der Waals surface area contributed by atoms with Crippen molar-refractivity contribution in [2.75, 3.05) is 13.1 Å². The van der Waals surface area contributed by atoms with E-state index in [1.165, 1.54) is 25.0 Å². The lowest BCUT2D eigenvalue weighted by Crippen LogP contribution is -2.31. The Morgan fingerprint density at radius 3 is 2.42 bits per heavy atom. The van der Waals surface area contributed by atoms with E-state index in [2.05, 4.69) is 5.32 Å². The maximum atomic E-state index is 12.9. The fourth-order valence-corrected chi connectivity index (χ4v) is 3.61. The summed E-state index contributed by atoms with van der Waals surface area (Å²) in [5.74, 6) is 1.33. The van der Waals surface area contributed by atoms with Crippen LogP contribution in [0, 0.1) is 17.7 Å². The van der Waals surface area contributed by atoms with Gasteiger partial charge in [0.2, 0.25) is 0 Å². The largest absolute Gasteiger partial charge is 0.317 e. The first kappa shape index (κ1) is 12.8. The monoisotopic (exact) mass is 261 g/mol. The number of carbonyl (C=O) groups is 1. The third kappa shape index (κ3) is 2.71. The van der Waals surface area contributed by atoms with Crippen LogP contribution < -0.4 is 5.32 Å². The van der Waals surface area contributed by atoms with Crippen molar-refractivity contribution in [3.05, 3.63) is 35.6 Å². The number of ketones is 1. The highest BCUT2D eigenvalue weighted by Crippen LogP contribution is 2.41. The van der Waals surface area contributed by atoms with Crippen LogP contribution in [-0.2, 0) is 4.79 Å². The van der Waals surface area contributed by atoms with Gasteiger partial charge in [0, 0.05) is 12.3 Å². The standard InChI is InChI=1S/C16H20FNO/c17-14-3-1-12(2-4-14)15-9-13(10-16(15)19)11-5-7-18-8-6-11/h1-4,11,13,15,18H,5-10H2. The molecular weight excluding hydrogens is 241 g/mol. The van der Waals surface area contributed by atoms with Gasteiger partial charge in [0.25, 0.3) is 0 Å². The third-order valence-electron chi connectivity index (χ3n) is 4.71. The van der Waals surface area contributed by atoms with Crippen LogP contribution in [0.5, 0.6) is 0 Å². The van der Waals surface area contributed by atoms with E-state index in [1.54, 1.807) is 12.1 Å². The molecule has 0 amide bonds. The number of hydrogen-bond donors (Lipinski definition) is 1. The zero-order valence-electron chi connectivity index (χ0n) is 11.1. The van der Waals surface area contributed by atoms with Crippen LogP contribution in [-0.4, -0.2) is 18.9 Å². The molecule has 2 fully saturated rings. The van der Waals surface area contributed by atoms with Crippen LogP contribution in [0.2, 0.25) is 0 Å². The zero-order valence-corrected chi connectivity index (χ0v) is 11.1. The summed E-state index contributed by atoms with van der Waals surface area (Å²) >= 11 is 0. The molecule has 2 atom stereocenters. The third-order valence-corrected chi connectivity index (χ3v) is 4.71. The molecule has 0 radical (unpaired) electrons. The van der Waals surface area contributed by atoms with Crippen molar-refractivity contribution in [2.45, 2.75) is 31.6 Å². The summed E-state index contributed by atoms with van der Waals surface area (Å²) in [5, 5.41) is 3.37. The molecule has 1 aliphatic heterocycles. The molecule has 2 unspecified atom stereocenters. The highest BCUT2D eigenvalue weighted by molar-refractivity contribution is 5.88. The van der Waals surface area contributed by atoms with Gasteiger partial charge in [-0.3, -0.25) is 4.79 Å². The van der Waals surface area contributed by atoms with Gasteiger partial charge in [-0.1, -0.05) is 12.1 Å². The molecule has 19 heavy (non-hydrogen) atoms. The molecule has 2 aliphatic rings. The summed E-state index contributed by atoms with van der Waals surface area (Å²) in [6, 6.07) is 6.45. The van der Waals surface area contributed by atoms with Crippen LogP contribution in [0.25, 0.3) is 0 Å². The van der Waals surface area contributed by atoms with Crippen molar-refractivity contribution in [1.29, 1.82) is 0 Å². The van der Waals surface area contributed by atoms with E-state index < -0.39 is 0 Å². The lowest BCUT2D eigenvalue weighted by Gasteiger charge is -2.27. The Morgan fingerprint density at radius 1 is 1.05 bits per heavy atom. The molecular formula is C16H20FNO. The van der Waals surface area contributed by atoms with Gasteiger partial charge in [-0.05, 0) is 61.9 Å². The molecule has 0 spiro atoms. The SMILES string of the molecule is O=C1CC(C2CCNCC2)CC1c1ccc(F)cc1. The molecule has 102 valence electrons. The molecule has 1 N–H and O–H groups in total. The van der Waals surface area contributed by atoms with Crippen LogP contribution in [0.1, 0.15) is 37.2 Å². The first-order valence-electron chi connectivity index (χ1n) is 7.23. The molecule has 2 nitrogen and oxygen atoms in total. The van der Waals surface area contributed by atoms with Crippen molar-refractivity contribution in [3.63, 3.8) is 0 Å². The number of nitrogens with one attached hydrogen (secondary N) is 1. The number of rotatable bonds is 2. The van der Waals surface area contributed by atoms with E-state index in [1.807, 2.05) is 0 Å². The molecule has 3 heteroatoms. The molecule has 1 aromatic rings. The van der Waals surface area contributed by atoms with E-state index in [-0.39, 0.29) is 11.7 Å². The first-order chi connectivity index (χ1) is 9.24. The summed E-state index contributed by atoms with van der Waals surface area (Å²) < 4.78 is 12.9. The van der Waals surface area contributed by atoms with Crippen molar-refractivity contribution in [2.24, 2.45) is 11.8 Å².